The van der Waals surface area contributed by atoms with Crippen LogP contribution in [0.1, 0.15) is 18.2 Å². The Hall–Kier alpha value is -0.500. The molecule has 0 aliphatic rings. The molecule has 2 heteroatoms. The molecular formula is C10H16NS+. The van der Waals surface area contributed by atoms with Gasteiger partial charge in [0, 0.05) is 24.8 Å². The van der Waals surface area contributed by atoms with E-state index in [9.17, 15) is 0 Å². The molecule has 0 aliphatic carbocycles. The first-order chi connectivity index (χ1) is 5.65. The molecule has 0 unspecified atom stereocenters. The second-order valence-electron chi connectivity index (χ2n) is 3.00. The Bertz CT molecular complexity index is 281. The highest BCUT2D eigenvalue weighted by Gasteiger charge is 2.09. The van der Waals surface area contributed by atoms with Crippen molar-refractivity contribution >= 4 is 11.8 Å². The zero-order chi connectivity index (χ0) is 9.14. The van der Waals surface area contributed by atoms with Crippen LogP contribution in [0.5, 0.6) is 0 Å². The molecule has 0 aliphatic heterocycles. The Kier molecular flexibility index (Phi) is 3.15. The molecular weight excluding hydrogens is 166 g/mol. The number of thioether (sulfide) groups is 1. The lowest BCUT2D eigenvalue weighted by Gasteiger charge is -2.01. The quantitative estimate of drug-likeness (QED) is 0.501. The lowest BCUT2D eigenvalue weighted by molar-refractivity contribution is -0.714. The minimum atomic E-state index is 1.14. The molecule has 0 saturated heterocycles. The maximum atomic E-state index is 2.24. The molecule has 1 rings (SSSR count). The zero-order valence-corrected chi connectivity index (χ0v) is 9.03. The molecule has 1 heterocycles. The summed E-state index contributed by atoms with van der Waals surface area (Å²) in [6, 6.07) is 4.45. The Labute approximate surface area is 78.8 Å². The van der Waals surface area contributed by atoms with E-state index in [1.54, 1.807) is 0 Å². The fourth-order valence-electron chi connectivity index (χ4n) is 1.22. The lowest BCUT2D eigenvalue weighted by Crippen LogP contribution is -2.34. The average molecular weight is 182 g/mol. The van der Waals surface area contributed by atoms with Crippen LogP contribution in [0.3, 0.4) is 0 Å². The van der Waals surface area contributed by atoms with Gasteiger partial charge in [0.05, 0.1) is 0 Å². The summed E-state index contributed by atoms with van der Waals surface area (Å²) in [7, 11) is 2.12. The van der Waals surface area contributed by atoms with E-state index in [1.165, 1.54) is 16.3 Å². The van der Waals surface area contributed by atoms with Crippen molar-refractivity contribution in [2.24, 2.45) is 7.05 Å². The van der Waals surface area contributed by atoms with Crippen molar-refractivity contribution in [3.05, 3.63) is 23.4 Å². The van der Waals surface area contributed by atoms with Crippen molar-refractivity contribution < 1.29 is 4.57 Å². The SMILES string of the molecule is CCSc1cc(C)cc(C)[n+]1C. The van der Waals surface area contributed by atoms with E-state index in [2.05, 4.69) is 44.5 Å². The molecule has 0 spiro atoms. The van der Waals surface area contributed by atoms with Crippen molar-refractivity contribution in [1.29, 1.82) is 0 Å². The Balaban J connectivity index is 3.09. The van der Waals surface area contributed by atoms with Crippen LogP contribution in [0.25, 0.3) is 0 Å². The van der Waals surface area contributed by atoms with Gasteiger partial charge in [0.2, 0.25) is 5.03 Å². The van der Waals surface area contributed by atoms with Gasteiger partial charge in [-0.05, 0) is 12.5 Å². The maximum Gasteiger partial charge on any atom is 0.240 e. The predicted molar refractivity (Wildman–Crippen MR) is 53.5 cm³/mol. The first-order valence-electron chi connectivity index (χ1n) is 4.25. The molecule has 12 heavy (non-hydrogen) atoms. The van der Waals surface area contributed by atoms with Gasteiger partial charge in [-0.2, -0.15) is 4.57 Å². The summed E-state index contributed by atoms with van der Waals surface area (Å²) >= 11 is 1.89. The van der Waals surface area contributed by atoms with Gasteiger partial charge in [-0.1, -0.05) is 18.7 Å². The minimum absolute atomic E-state index is 1.14. The lowest BCUT2D eigenvalue weighted by atomic mass is 10.2. The van der Waals surface area contributed by atoms with Crippen molar-refractivity contribution in [1.82, 2.24) is 0 Å². The zero-order valence-electron chi connectivity index (χ0n) is 8.22. The van der Waals surface area contributed by atoms with E-state index in [4.69, 9.17) is 0 Å². The molecule has 1 aromatic heterocycles. The number of aryl methyl sites for hydroxylation is 2. The minimum Gasteiger partial charge on any atom is -0.193 e. The Morgan fingerprint density at radius 2 is 2.00 bits per heavy atom. The van der Waals surface area contributed by atoms with Crippen molar-refractivity contribution in [2.75, 3.05) is 5.75 Å². The standard InChI is InChI=1S/C10H16NS/c1-5-12-10-7-8(2)6-9(3)11(10)4/h6-7H,5H2,1-4H3/q+1. The van der Waals surface area contributed by atoms with Crippen LogP contribution in [0.2, 0.25) is 0 Å². The molecule has 0 N–H and O–H groups in total. The van der Waals surface area contributed by atoms with Gasteiger partial charge in [-0.25, -0.2) is 0 Å². The monoisotopic (exact) mass is 182 g/mol. The van der Waals surface area contributed by atoms with Crippen molar-refractivity contribution in [3.63, 3.8) is 0 Å². The van der Waals surface area contributed by atoms with Gasteiger partial charge in [0.1, 0.15) is 7.05 Å². The van der Waals surface area contributed by atoms with Gasteiger partial charge in [0.25, 0.3) is 0 Å². The fourth-order valence-corrected chi connectivity index (χ4v) is 2.12. The number of nitrogens with zero attached hydrogens (tertiary/aromatic N) is 1. The van der Waals surface area contributed by atoms with E-state index in [0.29, 0.717) is 0 Å². The van der Waals surface area contributed by atoms with E-state index >= 15 is 0 Å². The van der Waals surface area contributed by atoms with E-state index in [-0.39, 0.29) is 0 Å². The molecule has 0 atom stereocenters. The van der Waals surface area contributed by atoms with Gasteiger partial charge < -0.3 is 0 Å². The van der Waals surface area contributed by atoms with Crippen LogP contribution in [0, 0.1) is 13.8 Å². The summed E-state index contributed by atoms with van der Waals surface area (Å²) in [6.07, 6.45) is 0. The Morgan fingerprint density at radius 1 is 1.33 bits per heavy atom. The summed E-state index contributed by atoms with van der Waals surface area (Å²) in [4.78, 5) is 0. The molecule has 0 radical (unpaired) electrons. The third-order valence-corrected chi connectivity index (χ3v) is 2.92. The van der Waals surface area contributed by atoms with Crippen LogP contribution in [0.15, 0.2) is 17.2 Å². The van der Waals surface area contributed by atoms with Crippen LogP contribution >= 0.6 is 11.8 Å². The van der Waals surface area contributed by atoms with Crippen LogP contribution in [-0.4, -0.2) is 5.75 Å². The highest BCUT2D eigenvalue weighted by atomic mass is 32.2. The third kappa shape index (κ3) is 2.01. The summed E-state index contributed by atoms with van der Waals surface area (Å²) in [5.74, 6) is 1.14. The van der Waals surface area contributed by atoms with Gasteiger partial charge >= 0.3 is 0 Å². The number of rotatable bonds is 2. The number of hydrogen-bond donors (Lipinski definition) is 0. The molecule has 1 nitrogen and oxygen atoms in total. The summed E-state index contributed by atoms with van der Waals surface area (Å²) in [5.41, 5.74) is 2.67. The molecule has 0 aromatic carbocycles. The van der Waals surface area contributed by atoms with Crippen molar-refractivity contribution in [3.8, 4) is 0 Å². The largest absolute Gasteiger partial charge is 0.240 e. The van der Waals surface area contributed by atoms with E-state index in [0.717, 1.165) is 5.75 Å². The third-order valence-electron chi connectivity index (χ3n) is 1.94. The summed E-state index contributed by atoms with van der Waals surface area (Å²) in [5, 5.41) is 1.36. The molecule has 0 saturated carbocycles. The second kappa shape index (κ2) is 3.94. The highest BCUT2D eigenvalue weighted by Crippen LogP contribution is 2.14. The van der Waals surface area contributed by atoms with Crippen molar-refractivity contribution in [2.45, 2.75) is 25.8 Å². The number of pyridine rings is 1. The molecule has 0 fully saturated rings. The average Bonchev–Trinajstić information content (AvgIpc) is 2.00. The molecule has 66 valence electrons. The van der Waals surface area contributed by atoms with Crippen LogP contribution in [-0.2, 0) is 7.05 Å². The molecule has 0 bridgehead atoms. The van der Waals surface area contributed by atoms with Gasteiger partial charge in [-0.3, -0.25) is 0 Å². The first kappa shape index (κ1) is 9.59. The smallest absolute Gasteiger partial charge is 0.193 e. The van der Waals surface area contributed by atoms with E-state index < -0.39 is 0 Å². The predicted octanol–water partition coefficient (Wildman–Crippen LogP) is 2.24. The molecule has 0 amide bonds. The first-order valence-corrected chi connectivity index (χ1v) is 5.23. The summed E-state index contributed by atoms with van der Waals surface area (Å²) in [6.45, 7) is 6.47. The fraction of sp³-hybridized carbons (Fsp3) is 0.500. The number of aromatic nitrogens is 1. The topological polar surface area (TPSA) is 3.88 Å². The Morgan fingerprint density at radius 3 is 2.58 bits per heavy atom. The van der Waals surface area contributed by atoms with Gasteiger partial charge in [0.15, 0.2) is 5.69 Å². The second-order valence-corrected chi connectivity index (χ2v) is 4.29. The highest BCUT2D eigenvalue weighted by molar-refractivity contribution is 7.99. The maximum absolute atomic E-state index is 2.24. The molecule has 1 aromatic rings. The van der Waals surface area contributed by atoms with Crippen LogP contribution in [0.4, 0.5) is 0 Å². The normalized spacial score (nSPS) is 10.3. The number of hydrogen-bond acceptors (Lipinski definition) is 1. The van der Waals surface area contributed by atoms with Gasteiger partial charge in [-0.15, -0.1) is 0 Å². The van der Waals surface area contributed by atoms with Crippen LogP contribution < -0.4 is 4.57 Å². The van der Waals surface area contributed by atoms with E-state index in [1.807, 2.05) is 11.8 Å². The summed E-state index contributed by atoms with van der Waals surface area (Å²) < 4.78 is 2.24.